The first-order valence-corrected chi connectivity index (χ1v) is 6.45. The highest BCUT2D eigenvalue weighted by molar-refractivity contribution is 5.25. The topological polar surface area (TPSA) is 64.1 Å². The van der Waals surface area contributed by atoms with Crippen molar-refractivity contribution in [3.63, 3.8) is 0 Å². The average molecular weight is 237 g/mol. The second kappa shape index (κ2) is 4.42. The van der Waals surface area contributed by atoms with Gasteiger partial charge in [0.2, 0.25) is 0 Å². The highest BCUT2D eigenvalue weighted by Gasteiger charge is 2.37. The molecule has 1 aliphatic rings. The van der Waals surface area contributed by atoms with Gasteiger partial charge >= 0.3 is 0 Å². The number of aromatic nitrogens is 2. The van der Waals surface area contributed by atoms with Gasteiger partial charge in [0.25, 0.3) is 0 Å². The van der Waals surface area contributed by atoms with Crippen molar-refractivity contribution < 1.29 is 5.11 Å². The number of aryl methyl sites for hydroxylation is 1. The molecule has 17 heavy (non-hydrogen) atoms. The quantitative estimate of drug-likeness (QED) is 0.837. The van der Waals surface area contributed by atoms with Crippen LogP contribution in [0.1, 0.15) is 49.2 Å². The lowest BCUT2D eigenvalue weighted by molar-refractivity contribution is 0.195. The third-order valence-electron chi connectivity index (χ3n) is 4.11. The molecule has 2 rings (SSSR count). The standard InChI is InChI=1S/C13H23N3O/c1-4-12-9(2)15-16(10(12)3)11-5-6-13(14,7-11)8-17/h11,17H,4-8,14H2,1-3H3. The highest BCUT2D eigenvalue weighted by atomic mass is 16.3. The molecule has 0 radical (unpaired) electrons. The molecule has 1 aromatic rings. The van der Waals surface area contributed by atoms with Crippen molar-refractivity contribution in [2.75, 3.05) is 6.61 Å². The predicted molar refractivity (Wildman–Crippen MR) is 68.0 cm³/mol. The minimum absolute atomic E-state index is 0.0729. The lowest BCUT2D eigenvalue weighted by atomic mass is 10.0. The Bertz CT molecular complexity index is 413. The summed E-state index contributed by atoms with van der Waals surface area (Å²) in [6.07, 6.45) is 3.75. The molecule has 3 N–H and O–H groups in total. The van der Waals surface area contributed by atoms with E-state index in [1.165, 1.54) is 11.3 Å². The molecule has 0 amide bonds. The summed E-state index contributed by atoms with van der Waals surface area (Å²) in [5, 5.41) is 14.0. The summed E-state index contributed by atoms with van der Waals surface area (Å²) >= 11 is 0. The molecule has 4 heteroatoms. The summed E-state index contributed by atoms with van der Waals surface area (Å²) in [5.41, 5.74) is 9.46. The van der Waals surface area contributed by atoms with Gasteiger partial charge in [0.1, 0.15) is 0 Å². The van der Waals surface area contributed by atoms with Gasteiger partial charge in [0.15, 0.2) is 0 Å². The summed E-state index contributed by atoms with van der Waals surface area (Å²) in [6, 6.07) is 0.353. The van der Waals surface area contributed by atoms with Crippen LogP contribution < -0.4 is 5.73 Å². The Labute approximate surface area is 103 Å². The Hall–Kier alpha value is -0.870. The SMILES string of the molecule is CCc1c(C)nn(C2CCC(N)(CO)C2)c1C. The van der Waals surface area contributed by atoms with Crippen LogP contribution >= 0.6 is 0 Å². The lowest BCUT2D eigenvalue weighted by Crippen LogP contribution is -2.40. The number of aliphatic hydroxyl groups is 1. The van der Waals surface area contributed by atoms with Crippen molar-refractivity contribution in [3.05, 3.63) is 17.0 Å². The van der Waals surface area contributed by atoms with E-state index in [0.717, 1.165) is 31.4 Å². The number of hydrogen-bond acceptors (Lipinski definition) is 3. The van der Waals surface area contributed by atoms with Gasteiger partial charge in [-0.25, -0.2) is 0 Å². The molecular weight excluding hydrogens is 214 g/mol. The lowest BCUT2D eigenvalue weighted by Gasteiger charge is -2.21. The van der Waals surface area contributed by atoms with Crippen LogP contribution in [0.15, 0.2) is 0 Å². The van der Waals surface area contributed by atoms with Crippen LogP contribution in [0.25, 0.3) is 0 Å². The van der Waals surface area contributed by atoms with Crippen molar-refractivity contribution in [3.8, 4) is 0 Å². The van der Waals surface area contributed by atoms with Crippen molar-refractivity contribution in [1.82, 2.24) is 9.78 Å². The van der Waals surface area contributed by atoms with Gasteiger partial charge < -0.3 is 10.8 Å². The zero-order valence-corrected chi connectivity index (χ0v) is 11.0. The van der Waals surface area contributed by atoms with E-state index in [4.69, 9.17) is 5.73 Å². The monoisotopic (exact) mass is 237 g/mol. The predicted octanol–water partition coefficient (Wildman–Crippen LogP) is 1.48. The summed E-state index contributed by atoms with van der Waals surface area (Å²) in [7, 11) is 0. The largest absolute Gasteiger partial charge is 0.394 e. The van der Waals surface area contributed by atoms with Crippen molar-refractivity contribution in [2.24, 2.45) is 5.73 Å². The normalized spacial score (nSPS) is 28.9. The molecule has 4 nitrogen and oxygen atoms in total. The Morgan fingerprint density at radius 3 is 2.71 bits per heavy atom. The molecule has 96 valence electrons. The van der Waals surface area contributed by atoms with Crippen molar-refractivity contribution in [1.29, 1.82) is 0 Å². The Balaban J connectivity index is 2.25. The van der Waals surface area contributed by atoms with Gasteiger partial charge in [0, 0.05) is 11.2 Å². The second-order valence-corrected chi connectivity index (χ2v) is 5.36. The van der Waals surface area contributed by atoms with Crippen LogP contribution in [0.3, 0.4) is 0 Å². The minimum atomic E-state index is -0.399. The molecule has 0 bridgehead atoms. The molecule has 2 unspecified atom stereocenters. The fourth-order valence-corrected chi connectivity index (χ4v) is 3.04. The average Bonchev–Trinajstić information content (AvgIpc) is 2.81. The molecule has 1 fully saturated rings. The van der Waals surface area contributed by atoms with E-state index in [9.17, 15) is 5.11 Å². The second-order valence-electron chi connectivity index (χ2n) is 5.36. The first-order chi connectivity index (χ1) is 8.00. The van der Waals surface area contributed by atoms with E-state index < -0.39 is 5.54 Å². The molecule has 1 heterocycles. The minimum Gasteiger partial charge on any atom is -0.394 e. The smallest absolute Gasteiger partial charge is 0.0628 e. The van der Waals surface area contributed by atoms with E-state index >= 15 is 0 Å². The van der Waals surface area contributed by atoms with Crippen molar-refractivity contribution in [2.45, 2.75) is 58.0 Å². The molecule has 1 aliphatic carbocycles. The van der Waals surface area contributed by atoms with E-state index in [-0.39, 0.29) is 6.61 Å². The van der Waals surface area contributed by atoms with Gasteiger partial charge in [0.05, 0.1) is 18.3 Å². The third kappa shape index (κ3) is 2.11. The summed E-state index contributed by atoms with van der Waals surface area (Å²) < 4.78 is 2.12. The van der Waals surface area contributed by atoms with Gasteiger partial charge in [-0.05, 0) is 45.1 Å². The number of hydrogen-bond donors (Lipinski definition) is 2. The number of rotatable bonds is 3. The molecule has 0 aliphatic heterocycles. The summed E-state index contributed by atoms with van der Waals surface area (Å²) in [6.45, 7) is 6.44. The van der Waals surface area contributed by atoms with E-state index in [1.54, 1.807) is 0 Å². The third-order valence-corrected chi connectivity index (χ3v) is 4.11. The molecule has 1 saturated carbocycles. The van der Waals surface area contributed by atoms with Crippen LogP contribution in [0.2, 0.25) is 0 Å². The van der Waals surface area contributed by atoms with Gasteiger partial charge in [-0.3, -0.25) is 4.68 Å². The van der Waals surface area contributed by atoms with Crippen LogP contribution in [0.4, 0.5) is 0 Å². The zero-order chi connectivity index (χ0) is 12.6. The van der Waals surface area contributed by atoms with E-state index in [0.29, 0.717) is 6.04 Å². The Morgan fingerprint density at radius 1 is 1.53 bits per heavy atom. The van der Waals surface area contributed by atoms with Crippen molar-refractivity contribution >= 4 is 0 Å². The van der Waals surface area contributed by atoms with Gasteiger partial charge in [-0.2, -0.15) is 5.10 Å². The fourth-order valence-electron chi connectivity index (χ4n) is 3.04. The van der Waals surface area contributed by atoms with Gasteiger partial charge in [-0.15, -0.1) is 0 Å². The number of nitrogens with zero attached hydrogens (tertiary/aromatic N) is 2. The number of nitrogens with two attached hydrogens (primary N) is 1. The molecule has 1 aromatic heterocycles. The van der Waals surface area contributed by atoms with Gasteiger partial charge in [-0.1, -0.05) is 6.92 Å². The van der Waals surface area contributed by atoms with Crippen LogP contribution in [-0.2, 0) is 6.42 Å². The Morgan fingerprint density at radius 2 is 2.24 bits per heavy atom. The molecule has 0 spiro atoms. The molecule has 0 saturated heterocycles. The number of aliphatic hydroxyl groups excluding tert-OH is 1. The zero-order valence-electron chi connectivity index (χ0n) is 11.0. The maximum atomic E-state index is 9.31. The summed E-state index contributed by atoms with van der Waals surface area (Å²) in [4.78, 5) is 0. The van der Waals surface area contributed by atoms with Crippen LogP contribution in [0.5, 0.6) is 0 Å². The first kappa shape index (κ1) is 12.6. The van der Waals surface area contributed by atoms with E-state index in [2.05, 4.69) is 30.6 Å². The van der Waals surface area contributed by atoms with Crippen LogP contribution in [0, 0.1) is 13.8 Å². The highest BCUT2D eigenvalue weighted by Crippen LogP contribution is 2.36. The fraction of sp³-hybridized carbons (Fsp3) is 0.769. The molecule has 0 aromatic carbocycles. The molecular formula is C13H23N3O. The maximum Gasteiger partial charge on any atom is 0.0628 e. The maximum absolute atomic E-state index is 9.31. The van der Waals surface area contributed by atoms with E-state index in [1.807, 2.05) is 0 Å². The Kier molecular flexibility index (Phi) is 3.27. The molecule has 2 atom stereocenters. The summed E-state index contributed by atoms with van der Waals surface area (Å²) in [5.74, 6) is 0. The first-order valence-electron chi connectivity index (χ1n) is 6.45. The van der Waals surface area contributed by atoms with Crippen LogP contribution in [-0.4, -0.2) is 27.0 Å².